The van der Waals surface area contributed by atoms with Gasteiger partial charge in [-0.25, -0.2) is 0 Å². The molecule has 0 fully saturated rings. The quantitative estimate of drug-likeness (QED) is 0.711. The van der Waals surface area contributed by atoms with E-state index < -0.39 is 0 Å². The largest absolute Gasteiger partial charge is 0.370 e. The molecule has 3 N–H and O–H groups in total. The molecule has 0 aromatic carbocycles. The lowest BCUT2D eigenvalue weighted by atomic mass is 10.1. The van der Waals surface area contributed by atoms with Gasteiger partial charge < -0.3 is 11.1 Å². The van der Waals surface area contributed by atoms with E-state index in [9.17, 15) is 4.79 Å². The van der Waals surface area contributed by atoms with E-state index in [0.717, 1.165) is 18.5 Å². The average Bonchev–Trinajstić information content (AvgIpc) is 2.58. The molecule has 1 atom stereocenters. The van der Waals surface area contributed by atoms with Crippen LogP contribution in [0.15, 0.2) is 12.4 Å². The number of aryl methyl sites for hydroxylation is 1. The first-order chi connectivity index (χ1) is 7.13. The van der Waals surface area contributed by atoms with Crippen LogP contribution >= 0.6 is 0 Å². The normalized spacial score (nSPS) is 12.7. The first kappa shape index (κ1) is 11.7. The Kier molecular flexibility index (Phi) is 4.30. The van der Waals surface area contributed by atoms with Gasteiger partial charge >= 0.3 is 0 Å². The minimum atomic E-state index is -0.299. The molecule has 0 aliphatic carbocycles. The molecule has 5 nitrogen and oxygen atoms in total. The number of hydrogen-bond acceptors (Lipinski definition) is 3. The van der Waals surface area contributed by atoms with Crippen LogP contribution < -0.4 is 11.1 Å². The van der Waals surface area contributed by atoms with E-state index >= 15 is 0 Å². The van der Waals surface area contributed by atoms with Crippen molar-refractivity contribution in [2.24, 2.45) is 12.8 Å². The Morgan fingerprint density at radius 3 is 2.93 bits per heavy atom. The van der Waals surface area contributed by atoms with Gasteiger partial charge in [0.15, 0.2) is 0 Å². The summed E-state index contributed by atoms with van der Waals surface area (Å²) < 4.78 is 1.72. The molecule has 1 aromatic rings. The van der Waals surface area contributed by atoms with Crippen LogP contribution in [-0.2, 0) is 11.8 Å². The SMILES string of the molecule is CCCNC(CC(N)=O)c1cnn(C)c1. The maximum absolute atomic E-state index is 10.9. The van der Waals surface area contributed by atoms with Crippen molar-refractivity contribution in [2.45, 2.75) is 25.8 Å². The van der Waals surface area contributed by atoms with Crippen LogP contribution in [0.3, 0.4) is 0 Å². The maximum Gasteiger partial charge on any atom is 0.219 e. The predicted octanol–water partition coefficient (Wildman–Crippen LogP) is 0.336. The van der Waals surface area contributed by atoms with Gasteiger partial charge in [0.05, 0.1) is 6.20 Å². The Bertz CT molecular complexity index is 321. The molecule has 1 rings (SSSR count). The minimum absolute atomic E-state index is 0.0175. The van der Waals surface area contributed by atoms with E-state index in [4.69, 9.17) is 5.73 Å². The summed E-state index contributed by atoms with van der Waals surface area (Å²) in [5, 5.41) is 7.35. The molecule has 1 amide bonds. The number of nitrogens with zero attached hydrogens (tertiary/aromatic N) is 2. The summed E-state index contributed by atoms with van der Waals surface area (Å²) in [5.74, 6) is -0.299. The van der Waals surface area contributed by atoms with E-state index in [1.54, 1.807) is 10.9 Å². The first-order valence-electron chi connectivity index (χ1n) is 5.13. The van der Waals surface area contributed by atoms with Gasteiger partial charge in [0.25, 0.3) is 0 Å². The number of aromatic nitrogens is 2. The molecule has 0 saturated carbocycles. The fourth-order valence-corrected chi connectivity index (χ4v) is 1.45. The van der Waals surface area contributed by atoms with E-state index in [0.29, 0.717) is 6.42 Å². The van der Waals surface area contributed by atoms with Crippen LogP contribution in [0, 0.1) is 0 Å². The smallest absolute Gasteiger partial charge is 0.219 e. The molecule has 1 aromatic heterocycles. The third-order valence-corrected chi connectivity index (χ3v) is 2.17. The van der Waals surface area contributed by atoms with E-state index in [-0.39, 0.29) is 11.9 Å². The van der Waals surface area contributed by atoms with Gasteiger partial charge in [0.1, 0.15) is 0 Å². The van der Waals surface area contributed by atoms with Gasteiger partial charge in [-0.05, 0) is 13.0 Å². The second-order valence-electron chi connectivity index (χ2n) is 3.62. The highest BCUT2D eigenvalue weighted by Crippen LogP contribution is 2.15. The zero-order chi connectivity index (χ0) is 11.3. The maximum atomic E-state index is 10.9. The number of rotatable bonds is 6. The van der Waals surface area contributed by atoms with Crippen molar-refractivity contribution in [2.75, 3.05) is 6.54 Å². The molecular formula is C10H18N4O. The molecule has 0 radical (unpaired) electrons. The molecule has 15 heavy (non-hydrogen) atoms. The van der Waals surface area contributed by atoms with Gasteiger partial charge in [-0.2, -0.15) is 5.10 Å². The average molecular weight is 210 g/mol. The fraction of sp³-hybridized carbons (Fsp3) is 0.600. The van der Waals surface area contributed by atoms with Gasteiger partial charge in [0, 0.05) is 31.3 Å². The number of nitrogens with two attached hydrogens (primary N) is 1. The summed E-state index contributed by atoms with van der Waals surface area (Å²) in [6, 6.07) is -0.0175. The Balaban J connectivity index is 2.66. The molecule has 0 spiro atoms. The second-order valence-corrected chi connectivity index (χ2v) is 3.62. The van der Waals surface area contributed by atoms with Crippen LogP contribution in [0.25, 0.3) is 0 Å². The molecule has 0 bridgehead atoms. The van der Waals surface area contributed by atoms with Crippen LogP contribution in [-0.4, -0.2) is 22.2 Å². The van der Waals surface area contributed by atoms with E-state index in [1.165, 1.54) is 0 Å². The van der Waals surface area contributed by atoms with Crippen molar-refractivity contribution in [3.05, 3.63) is 18.0 Å². The number of nitrogens with one attached hydrogen (secondary N) is 1. The Morgan fingerprint density at radius 1 is 1.73 bits per heavy atom. The number of amides is 1. The van der Waals surface area contributed by atoms with Crippen molar-refractivity contribution < 1.29 is 4.79 Å². The van der Waals surface area contributed by atoms with Gasteiger partial charge in [-0.3, -0.25) is 9.48 Å². The lowest BCUT2D eigenvalue weighted by Crippen LogP contribution is -2.27. The molecule has 1 unspecified atom stereocenters. The molecule has 1 heterocycles. The second kappa shape index (κ2) is 5.50. The van der Waals surface area contributed by atoms with Crippen molar-refractivity contribution in [1.29, 1.82) is 0 Å². The summed E-state index contributed by atoms with van der Waals surface area (Å²) >= 11 is 0. The standard InChI is InChI=1S/C10H18N4O/c1-3-4-12-9(5-10(11)15)8-6-13-14(2)7-8/h6-7,9,12H,3-5H2,1-2H3,(H2,11,15). The third-order valence-electron chi connectivity index (χ3n) is 2.17. The Morgan fingerprint density at radius 2 is 2.47 bits per heavy atom. The van der Waals surface area contributed by atoms with Gasteiger partial charge in [-0.15, -0.1) is 0 Å². The predicted molar refractivity (Wildman–Crippen MR) is 58.1 cm³/mol. The summed E-state index contributed by atoms with van der Waals surface area (Å²) in [5.41, 5.74) is 6.21. The highest BCUT2D eigenvalue weighted by molar-refractivity contribution is 5.74. The summed E-state index contributed by atoms with van der Waals surface area (Å²) in [6.07, 6.45) is 4.99. The zero-order valence-electron chi connectivity index (χ0n) is 9.23. The fourth-order valence-electron chi connectivity index (χ4n) is 1.45. The van der Waals surface area contributed by atoms with Crippen LogP contribution in [0.4, 0.5) is 0 Å². The molecule has 84 valence electrons. The molecule has 0 aliphatic rings. The Labute approximate surface area is 89.6 Å². The van der Waals surface area contributed by atoms with Gasteiger partial charge in [0.2, 0.25) is 5.91 Å². The lowest BCUT2D eigenvalue weighted by Gasteiger charge is -2.14. The third kappa shape index (κ3) is 3.71. The number of carbonyl (C=O) groups excluding carboxylic acids is 1. The summed E-state index contributed by atoms with van der Waals surface area (Å²) in [6.45, 7) is 2.95. The van der Waals surface area contributed by atoms with Crippen molar-refractivity contribution in [3.63, 3.8) is 0 Å². The monoisotopic (exact) mass is 210 g/mol. The van der Waals surface area contributed by atoms with Crippen LogP contribution in [0.5, 0.6) is 0 Å². The van der Waals surface area contributed by atoms with Crippen LogP contribution in [0.1, 0.15) is 31.4 Å². The van der Waals surface area contributed by atoms with E-state index in [2.05, 4.69) is 17.3 Å². The van der Waals surface area contributed by atoms with Crippen molar-refractivity contribution in [1.82, 2.24) is 15.1 Å². The molecule has 5 heteroatoms. The highest BCUT2D eigenvalue weighted by Gasteiger charge is 2.14. The summed E-state index contributed by atoms with van der Waals surface area (Å²) in [4.78, 5) is 10.9. The van der Waals surface area contributed by atoms with Gasteiger partial charge in [-0.1, -0.05) is 6.92 Å². The number of carbonyl (C=O) groups is 1. The van der Waals surface area contributed by atoms with Crippen molar-refractivity contribution >= 4 is 5.91 Å². The van der Waals surface area contributed by atoms with Crippen LogP contribution in [0.2, 0.25) is 0 Å². The van der Waals surface area contributed by atoms with Crippen molar-refractivity contribution in [3.8, 4) is 0 Å². The first-order valence-corrected chi connectivity index (χ1v) is 5.13. The number of primary amides is 1. The zero-order valence-corrected chi connectivity index (χ0v) is 9.23. The molecule has 0 aliphatic heterocycles. The Hall–Kier alpha value is -1.36. The number of hydrogen-bond donors (Lipinski definition) is 2. The molecule has 0 saturated heterocycles. The van der Waals surface area contributed by atoms with E-state index in [1.807, 2.05) is 13.2 Å². The highest BCUT2D eigenvalue weighted by atomic mass is 16.1. The summed E-state index contributed by atoms with van der Waals surface area (Å²) in [7, 11) is 1.85. The lowest BCUT2D eigenvalue weighted by molar-refractivity contribution is -0.118. The molecular weight excluding hydrogens is 192 g/mol. The topological polar surface area (TPSA) is 72.9 Å². The minimum Gasteiger partial charge on any atom is -0.370 e.